The van der Waals surface area contributed by atoms with Gasteiger partial charge in [-0.25, -0.2) is 4.39 Å². The molecule has 0 amide bonds. The lowest BCUT2D eigenvalue weighted by Gasteiger charge is -1.99. The Hall–Kier alpha value is -1.89. The van der Waals surface area contributed by atoms with Crippen LogP contribution in [0.4, 0.5) is 4.39 Å². The van der Waals surface area contributed by atoms with Crippen molar-refractivity contribution in [1.82, 2.24) is 0 Å². The fourth-order valence-corrected chi connectivity index (χ4v) is 0.729. The van der Waals surface area contributed by atoms with E-state index in [2.05, 4.69) is 18.6 Å². The number of ketones is 1. The average molecular weight is 311 g/mol. The highest BCUT2D eigenvalue weighted by molar-refractivity contribution is 5.77. The van der Waals surface area contributed by atoms with Crippen LogP contribution in [0, 0.1) is 23.1 Å². The second-order valence-corrected chi connectivity index (χ2v) is 4.43. The molecule has 0 saturated carbocycles. The topological polar surface area (TPSA) is 50.1 Å². The first-order valence-corrected chi connectivity index (χ1v) is 7.57. The Morgan fingerprint density at radius 2 is 1.73 bits per heavy atom. The number of ether oxygens (including phenoxy) is 1. The molecule has 0 heterocycles. The largest absolute Gasteiger partial charge is 0.494 e. The number of benzene rings is 1. The van der Waals surface area contributed by atoms with E-state index >= 15 is 0 Å². The van der Waals surface area contributed by atoms with E-state index in [1.54, 1.807) is 6.92 Å². The van der Waals surface area contributed by atoms with Crippen molar-refractivity contribution in [3.63, 3.8) is 0 Å². The van der Waals surface area contributed by atoms with E-state index in [0.717, 1.165) is 0 Å². The van der Waals surface area contributed by atoms with E-state index in [1.165, 1.54) is 31.7 Å². The number of methoxy groups -OCH3 is 1. The van der Waals surface area contributed by atoms with Crippen molar-refractivity contribution in [2.24, 2.45) is 5.92 Å². The molecule has 126 valence electrons. The molecule has 0 spiro atoms. The monoisotopic (exact) mass is 311 g/mol. The third-order valence-corrected chi connectivity index (χ3v) is 2.09. The SMILES string of the molecule is CC.CC(=O)C(C)C.CCC.COc1cc(C#N)ccc1F. The van der Waals surface area contributed by atoms with E-state index in [0.29, 0.717) is 5.56 Å². The standard InChI is InChI=1S/C8H6FNO.C5H10O.C3H8.C2H6/c1-11-8-4-6(5-10)2-3-7(8)9;1-4(2)5(3)6;1-3-2;1-2/h2-4H,1H3;4H,1-3H3;3H2,1-2H3;1-2H3. The Morgan fingerprint density at radius 3 is 2.00 bits per heavy atom. The Kier molecular flexibility index (Phi) is 19.6. The Labute approximate surface area is 135 Å². The predicted molar refractivity (Wildman–Crippen MR) is 90.5 cm³/mol. The number of hydrogen-bond donors (Lipinski definition) is 0. The highest BCUT2D eigenvalue weighted by Crippen LogP contribution is 2.17. The number of nitrogens with zero attached hydrogens (tertiary/aromatic N) is 1. The van der Waals surface area contributed by atoms with Gasteiger partial charge in [-0.1, -0.05) is 48.0 Å². The summed E-state index contributed by atoms with van der Waals surface area (Å²) >= 11 is 0. The van der Waals surface area contributed by atoms with Crippen LogP contribution in [-0.4, -0.2) is 12.9 Å². The molecule has 4 heteroatoms. The molecule has 0 fully saturated rings. The maximum absolute atomic E-state index is 12.7. The molecule has 0 aromatic heterocycles. The zero-order chi connectivity index (χ0) is 18.1. The van der Waals surface area contributed by atoms with E-state index in [-0.39, 0.29) is 17.5 Å². The van der Waals surface area contributed by atoms with Gasteiger partial charge in [0.15, 0.2) is 11.6 Å². The first-order chi connectivity index (χ1) is 10.3. The molecule has 1 aromatic carbocycles. The summed E-state index contributed by atoms with van der Waals surface area (Å²) in [5.74, 6) is 0.121. The van der Waals surface area contributed by atoms with Gasteiger partial charge < -0.3 is 4.74 Å². The van der Waals surface area contributed by atoms with Crippen molar-refractivity contribution in [3.8, 4) is 11.8 Å². The Balaban J connectivity index is -0.000000279. The van der Waals surface area contributed by atoms with E-state index in [1.807, 2.05) is 33.8 Å². The molecule has 0 atom stereocenters. The summed E-state index contributed by atoms with van der Waals surface area (Å²) in [6, 6.07) is 5.85. The van der Waals surface area contributed by atoms with Crippen molar-refractivity contribution in [2.75, 3.05) is 7.11 Å². The molecule has 0 aliphatic carbocycles. The molecule has 0 aliphatic rings. The van der Waals surface area contributed by atoms with Crippen LogP contribution in [0.1, 0.15) is 60.5 Å². The highest BCUT2D eigenvalue weighted by atomic mass is 19.1. The van der Waals surface area contributed by atoms with Crippen molar-refractivity contribution in [2.45, 2.75) is 54.9 Å². The quantitative estimate of drug-likeness (QED) is 0.736. The lowest BCUT2D eigenvalue weighted by molar-refractivity contribution is -0.119. The molecule has 1 rings (SSSR count). The van der Waals surface area contributed by atoms with Crippen molar-refractivity contribution in [1.29, 1.82) is 5.26 Å². The molecule has 0 aliphatic heterocycles. The molecular weight excluding hydrogens is 281 g/mol. The number of hydrogen-bond acceptors (Lipinski definition) is 3. The molecule has 0 N–H and O–H groups in total. The molecular formula is C18H30FNO2. The first kappa shape index (κ1) is 25.1. The maximum Gasteiger partial charge on any atom is 0.165 e. The minimum absolute atomic E-state index is 0.101. The molecule has 0 saturated heterocycles. The number of carbonyl (C=O) groups is 1. The lowest BCUT2D eigenvalue weighted by Crippen LogP contribution is -1.98. The van der Waals surface area contributed by atoms with Gasteiger partial charge in [0.05, 0.1) is 18.7 Å². The maximum atomic E-state index is 12.7. The highest BCUT2D eigenvalue weighted by Gasteiger charge is 2.01. The number of Topliss-reactive ketones (excluding diaryl/α,β-unsaturated/α-hetero) is 1. The summed E-state index contributed by atoms with van der Waals surface area (Å²) in [5, 5.41) is 8.42. The van der Waals surface area contributed by atoms with Gasteiger partial charge in [-0.2, -0.15) is 5.26 Å². The fraction of sp³-hybridized carbons (Fsp3) is 0.556. The van der Waals surface area contributed by atoms with Crippen molar-refractivity contribution in [3.05, 3.63) is 29.6 Å². The predicted octanol–water partition coefficient (Wildman–Crippen LogP) is 5.38. The van der Waals surface area contributed by atoms with Crippen molar-refractivity contribution < 1.29 is 13.9 Å². The number of halogens is 1. The third-order valence-electron chi connectivity index (χ3n) is 2.09. The van der Waals surface area contributed by atoms with E-state index in [9.17, 15) is 9.18 Å². The zero-order valence-electron chi connectivity index (χ0n) is 15.2. The van der Waals surface area contributed by atoms with Gasteiger partial charge in [0.2, 0.25) is 0 Å². The van der Waals surface area contributed by atoms with Crippen LogP contribution >= 0.6 is 0 Å². The van der Waals surface area contributed by atoms with Gasteiger partial charge in [-0.05, 0) is 19.1 Å². The minimum atomic E-state index is -0.452. The Bertz CT molecular complexity index is 437. The van der Waals surface area contributed by atoms with Gasteiger partial charge >= 0.3 is 0 Å². The summed E-state index contributed by atoms with van der Waals surface area (Å²) < 4.78 is 17.3. The van der Waals surface area contributed by atoms with Crippen LogP contribution in [0.25, 0.3) is 0 Å². The zero-order valence-corrected chi connectivity index (χ0v) is 15.2. The summed E-state index contributed by atoms with van der Waals surface area (Å²) in [6.45, 7) is 13.6. The van der Waals surface area contributed by atoms with Crippen LogP contribution in [0.2, 0.25) is 0 Å². The molecule has 3 nitrogen and oxygen atoms in total. The fourth-order valence-electron chi connectivity index (χ4n) is 0.729. The number of nitriles is 1. The van der Waals surface area contributed by atoms with Crippen LogP contribution in [0.15, 0.2) is 18.2 Å². The normalized spacial score (nSPS) is 8.05. The molecule has 0 unspecified atom stereocenters. The summed E-state index contributed by atoms with van der Waals surface area (Å²) in [5.41, 5.74) is 0.392. The lowest BCUT2D eigenvalue weighted by atomic mass is 10.1. The van der Waals surface area contributed by atoms with Gasteiger partial charge in [-0.3, -0.25) is 4.79 Å². The average Bonchev–Trinajstić information content (AvgIpc) is 2.51. The second-order valence-electron chi connectivity index (χ2n) is 4.43. The molecule has 1 aromatic rings. The number of carbonyl (C=O) groups excluding carboxylic acids is 1. The summed E-state index contributed by atoms with van der Waals surface area (Å²) in [6.07, 6.45) is 1.25. The third kappa shape index (κ3) is 14.5. The minimum Gasteiger partial charge on any atom is -0.494 e. The van der Waals surface area contributed by atoms with E-state index < -0.39 is 5.82 Å². The smallest absolute Gasteiger partial charge is 0.165 e. The summed E-state index contributed by atoms with van der Waals surface area (Å²) in [7, 11) is 1.36. The van der Waals surface area contributed by atoms with Crippen LogP contribution < -0.4 is 4.74 Å². The molecule has 0 bridgehead atoms. The van der Waals surface area contributed by atoms with E-state index in [4.69, 9.17) is 5.26 Å². The van der Waals surface area contributed by atoms with Crippen LogP contribution in [-0.2, 0) is 4.79 Å². The van der Waals surface area contributed by atoms with Gasteiger partial charge in [0.1, 0.15) is 5.78 Å². The van der Waals surface area contributed by atoms with Gasteiger partial charge in [-0.15, -0.1) is 0 Å². The van der Waals surface area contributed by atoms with Crippen LogP contribution in [0.3, 0.4) is 0 Å². The van der Waals surface area contributed by atoms with Crippen LogP contribution in [0.5, 0.6) is 5.75 Å². The summed E-state index contributed by atoms with van der Waals surface area (Å²) in [4.78, 5) is 10.1. The Morgan fingerprint density at radius 1 is 1.32 bits per heavy atom. The van der Waals surface area contributed by atoms with Gasteiger partial charge in [0.25, 0.3) is 0 Å². The van der Waals surface area contributed by atoms with Gasteiger partial charge in [0, 0.05) is 12.0 Å². The first-order valence-electron chi connectivity index (χ1n) is 7.57. The molecule has 22 heavy (non-hydrogen) atoms. The second kappa shape index (κ2) is 17.2. The van der Waals surface area contributed by atoms with Crippen molar-refractivity contribution >= 4 is 5.78 Å². The molecule has 0 radical (unpaired) electrons. The number of rotatable bonds is 2.